The molecule has 0 saturated heterocycles. The average Bonchev–Trinajstić information content (AvgIpc) is 3.20. The van der Waals surface area contributed by atoms with Gasteiger partial charge < -0.3 is 4.74 Å². The lowest BCUT2D eigenvalue weighted by atomic mass is 10.0. The number of anilines is 1. The molecule has 0 saturated carbocycles. The van der Waals surface area contributed by atoms with Gasteiger partial charge in [-0.3, -0.25) is 4.79 Å². The first-order valence-electron chi connectivity index (χ1n) is 7.96. The lowest BCUT2D eigenvalue weighted by molar-refractivity contribution is -0.117. The average molecular weight is 365 g/mol. The molecule has 3 nitrogen and oxygen atoms in total. The lowest BCUT2D eigenvalue weighted by Crippen LogP contribution is -2.25. The van der Waals surface area contributed by atoms with Gasteiger partial charge >= 0.3 is 0 Å². The van der Waals surface area contributed by atoms with Crippen molar-refractivity contribution in [1.29, 1.82) is 0 Å². The van der Waals surface area contributed by atoms with Crippen molar-refractivity contribution in [1.82, 2.24) is 0 Å². The second-order valence-electron chi connectivity index (χ2n) is 5.77. The first-order valence-corrected chi connectivity index (χ1v) is 7.96. The Kier molecular flexibility index (Phi) is 4.97. The molecule has 1 amide bonds. The molecule has 0 radical (unpaired) electrons. The summed E-state index contributed by atoms with van der Waals surface area (Å²) in [5.74, 6) is -7.03. The van der Waals surface area contributed by atoms with Gasteiger partial charge in [0.25, 0.3) is 5.91 Å². The highest BCUT2D eigenvalue weighted by Gasteiger charge is 2.34. The van der Waals surface area contributed by atoms with Crippen LogP contribution in [-0.4, -0.2) is 13.0 Å². The van der Waals surface area contributed by atoms with Gasteiger partial charge in [-0.05, 0) is 24.8 Å². The van der Waals surface area contributed by atoms with Crippen molar-refractivity contribution < 1.29 is 27.2 Å². The molecular weight excluding hydrogens is 350 g/mol. The van der Waals surface area contributed by atoms with Gasteiger partial charge in [-0.25, -0.2) is 8.78 Å². The maximum atomic E-state index is 15.0. The molecule has 7 heteroatoms. The molecule has 26 heavy (non-hydrogen) atoms. The van der Waals surface area contributed by atoms with E-state index in [1.54, 1.807) is 12.1 Å². The van der Waals surface area contributed by atoms with E-state index in [1.165, 1.54) is 24.3 Å². The van der Waals surface area contributed by atoms with Gasteiger partial charge in [0, 0.05) is 5.57 Å². The molecular formula is C19H15F4NO2. The zero-order chi connectivity index (χ0) is 18.8. The fraction of sp³-hybridized carbons (Fsp3) is 0.211. The van der Waals surface area contributed by atoms with Crippen molar-refractivity contribution >= 4 is 11.6 Å². The van der Waals surface area contributed by atoms with E-state index in [9.17, 15) is 22.4 Å². The SMILES string of the molecule is COc1c(F)c(F)c(F)c(-c2ccccc2)c1N(F)C(=O)C1=CCCC1. The molecule has 0 spiro atoms. The summed E-state index contributed by atoms with van der Waals surface area (Å²) in [7, 11) is 0.987. The monoisotopic (exact) mass is 365 g/mol. The van der Waals surface area contributed by atoms with Gasteiger partial charge in [0.05, 0.1) is 12.7 Å². The zero-order valence-corrected chi connectivity index (χ0v) is 13.9. The standard InChI is InChI=1S/C19H15F4NO2/c1-26-18-16(22)15(21)14(20)13(11-7-3-2-4-8-11)17(18)24(23)19(25)12-9-5-6-10-12/h2-4,7-9H,5-6,10H2,1H3. The van der Waals surface area contributed by atoms with Crippen LogP contribution in [0.4, 0.5) is 23.3 Å². The number of allylic oxidation sites excluding steroid dienone is 1. The molecule has 2 aromatic carbocycles. The highest BCUT2D eigenvalue weighted by Crippen LogP contribution is 2.45. The van der Waals surface area contributed by atoms with Crippen LogP contribution in [0.1, 0.15) is 19.3 Å². The van der Waals surface area contributed by atoms with Crippen LogP contribution in [0.25, 0.3) is 11.1 Å². The van der Waals surface area contributed by atoms with E-state index in [-0.39, 0.29) is 16.3 Å². The van der Waals surface area contributed by atoms with E-state index in [2.05, 4.69) is 0 Å². The predicted molar refractivity (Wildman–Crippen MR) is 88.8 cm³/mol. The second kappa shape index (κ2) is 7.19. The van der Waals surface area contributed by atoms with E-state index in [4.69, 9.17) is 4.74 Å². The summed E-state index contributed by atoms with van der Waals surface area (Å²) in [5, 5.41) is -0.371. The molecule has 0 N–H and O–H groups in total. The number of hydrogen-bond acceptors (Lipinski definition) is 2. The van der Waals surface area contributed by atoms with Gasteiger partial charge in [-0.1, -0.05) is 40.9 Å². The minimum absolute atomic E-state index is 0.0769. The Hall–Kier alpha value is -2.83. The van der Waals surface area contributed by atoms with Gasteiger partial charge in [-0.2, -0.15) is 4.39 Å². The smallest absolute Gasteiger partial charge is 0.282 e. The Labute approximate surface area is 147 Å². The number of methoxy groups -OCH3 is 1. The number of carbonyl (C=O) groups excluding carboxylic acids is 1. The van der Waals surface area contributed by atoms with Crippen LogP contribution in [0.3, 0.4) is 0 Å². The molecule has 0 atom stereocenters. The Balaban J connectivity index is 2.26. The van der Waals surface area contributed by atoms with Gasteiger partial charge in [0.1, 0.15) is 5.69 Å². The summed E-state index contributed by atoms with van der Waals surface area (Å²) in [5.41, 5.74) is -1.12. The molecule has 3 rings (SSSR count). The van der Waals surface area contributed by atoms with Crippen molar-refractivity contribution in [3.8, 4) is 16.9 Å². The van der Waals surface area contributed by atoms with Crippen molar-refractivity contribution in [2.24, 2.45) is 0 Å². The zero-order valence-electron chi connectivity index (χ0n) is 13.9. The predicted octanol–water partition coefficient (Wildman–Crippen LogP) is 5.11. The molecule has 136 valence electrons. The normalized spacial score (nSPS) is 13.5. The van der Waals surface area contributed by atoms with Crippen LogP contribution in [0.5, 0.6) is 5.75 Å². The molecule has 0 heterocycles. The summed E-state index contributed by atoms with van der Waals surface area (Å²) in [6.07, 6.45) is 3.22. The Morgan fingerprint density at radius 2 is 1.77 bits per heavy atom. The van der Waals surface area contributed by atoms with Crippen LogP contribution < -0.4 is 9.86 Å². The van der Waals surface area contributed by atoms with Gasteiger partial charge in [0.15, 0.2) is 17.4 Å². The van der Waals surface area contributed by atoms with Crippen LogP contribution in [0.2, 0.25) is 0 Å². The molecule has 1 aliphatic rings. The third-order valence-corrected chi connectivity index (χ3v) is 4.21. The van der Waals surface area contributed by atoms with Crippen LogP contribution in [0.15, 0.2) is 42.0 Å². The number of ether oxygens (including phenoxy) is 1. The lowest BCUT2D eigenvalue weighted by Gasteiger charge is -2.21. The molecule has 1 aliphatic carbocycles. The van der Waals surface area contributed by atoms with E-state index in [1.807, 2.05) is 0 Å². The first kappa shape index (κ1) is 18.0. The number of halogens is 4. The van der Waals surface area contributed by atoms with Crippen LogP contribution >= 0.6 is 0 Å². The first-order chi connectivity index (χ1) is 12.5. The quantitative estimate of drug-likeness (QED) is 0.428. The van der Waals surface area contributed by atoms with Gasteiger partial charge in [0.2, 0.25) is 5.82 Å². The number of nitrogens with zero attached hydrogens (tertiary/aromatic N) is 1. The second-order valence-corrected chi connectivity index (χ2v) is 5.77. The maximum absolute atomic E-state index is 15.0. The van der Waals surface area contributed by atoms with Gasteiger partial charge in [-0.15, -0.1) is 5.12 Å². The molecule has 2 aromatic rings. The minimum Gasteiger partial charge on any atom is -0.491 e. The Bertz CT molecular complexity index is 881. The molecule has 0 fully saturated rings. The molecule has 0 aliphatic heterocycles. The summed E-state index contributed by atoms with van der Waals surface area (Å²) >= 11 is 0. The number of carbonyl (C=O) groups is 1. The third kappa shape index (κ3) is 2.94. The van der Waals surface area contributed by atoms with E-state index < -0.39 is 40.4 Å². The highest BCUT2D eigenvalue weighted by atomic mass is 19.2. The maximum Gasteiger partial charge on any atom is 0.282 e. The fourth-order valence-electron chi connectivity index (χ4n) is 2.96. The minimum atomic E-state index is -1.80. The number of hydrogen-bond donors (Lipinski definition) is 0. The van der Waals surface area contributed by atoms with Crippen molar-refractivity contribution in [2.45, 2.75) is 19.3 Å². The van der Waals surface area contributed by atoms with E-state index >= 15 is 0 Å². The van der Waals surface area contributed by atoms with Crippen LogP contribution in [-0.2, 0) is 4.79 Å². The van der Waals surface area contributed by atoms with E-state index in [0.29, 0.717) is 19.3 Å². The summed E-state index contributed by atoms with van der Waals surface area (Å²) < 4.78 is 62.4. The van der Waals surface area contributed by atoms with Crippen molar-refractivity contribution in [3.05, 3.63) is 59.4 Å². The van der Waals surface area contributed by atoms with Crippen molar-refractivity contribution in [2.75, 3.05) is 12.2 Å². The molecule has 0 aromatic heterocycles. The largest absolute Gasteiger partial charge is 0.491 e. The van der Waals surface area contributed by atoms with Crippen LogP contribution in [0, 0.1) is 17.5 Å². The molecule has 0 unspecified atom stereocenters. The summed E-state index contributed by atoms with van der Waals surface area (Å²) in [6, 6.07) is 7.46. The summed E-state index contributed by atoms with van der Waals surface area (Å²) in [6.45, 7) is 0. The number of benzene rings is 2. The third-order valence-electron chi connectivity index (χ3n) is 4.21. The Morgan fingerprint density at radius 3 is 2.35 bits per heavy atom. The van der Waals surface area contributed by atoms with Crippen molar-refractivity contribution in [3.63, 3.8) is 0 Å². The van der Waals surface area contributed by atoms with E-state index in [0.717, 1.165) is 7.11 Å². The highest BCUT2D eigenvalue weighted by molar-refractivity contribution is 6.07. The topological polar surface area (TPSA) is 29.5 Å². The Morgan fingerprint density at radius 1 is 1.08 bits per heavy atom. The molecule has 0 bridgehead atoms. The fourth-order valence-corrected chi connectivity index (χ4v) is 2.96. The summed E-state index contributed by atoms with van der Waals surface area (Å²) in [4.78, 5) is 12.4. The number of amides is 1. The number of rotatable bonds is 4.